The summed E-state index contributed by atoms with van der Waals surface area (Å²) in [5.74, 6) is -0.753. The van der Waals surface area contributed by atoms with Crippen molar-refractivity contribution in [1.29, 1.82) is 0 Å². The van der Waals surface area contributed by atoms with Crippen LogP contribution >= 0.6 is 0 Å². The van der Waals surface area contributed by atoms with Gasteiger partial charge in [0.15, 0.2) is 0 Å². The molecule has 0 spiro atoms. The Bertz CT molecular complexity index is 1350. The Hall–Kier alpha value is -4.98. The topological polar surface area (TPSA) is 124 Å². The molecule has 8 heteroatoms. The molecule has 8 nitrogen and oxygen atoms in total. The van der Waals surface area contributed by atoms with Crippen LogP contribution in [0.25, 0.3) is 12.2 Å². The van der Waals surface area contributed by atoms with Crippen molar-refractivity contribution in [1.82, 2.24) is 9.97 Å². The van der Waals surface area contributed by atoms with Crippen molar-refractivity contribution < 1.29 is 9.59 Å². The largest absolute Gasteiger partial charge is 0.327 e. The number of amides is 2. The van der Waals surface area contributed by atoms with Crippen molar-refractivity contribution in [2.24, 2.45) is 0 Å². The van der Waals surface area contributed by atoms with Crippen molar-refractivity contribution in [3.8, 4) is 0 Å². The first-order valence-electron chi connectivity index (χ1n) is 10.4. The van der Waals surface area contributed by atoms with Crippen molar-refractivity contribution in [2.45, 2.75) is 0 Å². The molecule has 0 radical (unpaired) electrons. The van der Waals surface area contributed by atoms with E-state index in [9.17, 15) is 19.2 Å². The van der Waals surface area contributed by atoms with E-state index in [4.69, 9.17) is 0 Å². The quantitative estimate of drug-likeness (QED) is 0.333. The molecule has 2 aromatic carbocycles. The molecule has 2 heterocycles. The molecule has 168 valence electrons. The first-order chi connectivity index (χ1) is 16.5. The summed E-state index contributed by atoms with van der Waals surface area (Å²) in [6.07, 6.45) is 6.74. The van der Waals surface area contributed by atoms with Crippen LogP contribution in [-0.2, 0) is 0 Å². The molecule has 0 fully saturated rings. The SMILES string of the molecule is O=C(Nc1ccc[nH]c1=O)c1ccc(C=Cc2ccc(C(=O)Nc3ccc[nH]c3=O)cc2)cc1. The normalized spacial score (nSPS) is 10.7. The minimum atomic E-state index is -0.376. The van der Waals surface area contributed by atoms with Gasteiger partial charge in [0.25, 0.3) is 22.9 Å². The molecule has 34 heavy (non-hydrogen) atoms. The minimum Gasteiger partial charge on any atom is -0.327 e. The van der Waals surface area contributed by atoms with E-state index in [1.54, 1.807) is 60.7 Å². The molecule has 4 rings (SSSR count). The molecular weight excluding hydrogens is 432 g/mol. The molecule has 0 unspecified atom stereocenters. The molecule has 2 aromatic heterocycles. The number of benzene rings is 2. The Morgan fingerprint density at radius 3 is 1.32 bits per heavy atom. The predicted molar refractivity (Wildman–Crippen MR) is 132 cm³/mol. The second-order valence-electron chi connectivity index (χ2n) is 7.31. The van der Waals surface area contributed by atoms with E-state index in [2.05, 4.69) is 20.6 Å². The number of anilines is 2. The second-order valence-corrected chi connectivity index (χ2v) is 7.31. The fourth-order valence-corrected chi connectivity index (χ4v) is 3.11. The maximum absolute atomic E-state index is 12.3. The van der Waals surface area contributed by atoms with Gasteiger partial charge >= 0.3 is 0 Å². The number of rotatable bonds is 6. The van der Waals surface area contributed by atoms with Gasteiger partial charge in [-0.1, -0.05) is 36.4 Å². The number of hydrogen-bond acceptors (Lipinski definition) is 4. The fourth-order valence-electron chi connectivity index (χ4n) is 3.11. The molecule has 0 aliphatic carbocycles. The third-order valence-electron chi connectivity index (χ3n) is 4.95. The van der Waals surface area contributed by atoms with Crippen molar-refractivity contribution >= 4 is 35.3 Å². The number of aromatic amines is 2. The van der Waals surface area contributed by atoms with Crippen LogP contribution in [0.5, 0.6) is 0 Å². The Morgan fingerprint density at radius 1 is 0.588 bits per heavy atom. The number of H-pyrrole nitrogens is 2. The van der Waals surface area contributed by atoms with Crippen LogP contribution in [0.15, 0.2) is 94.8 Å². The van der Waals surface area contributed by atoms with Crippen molar-refractivity contribution in [3.05, 3.63) is 128 Å². The van der Waals surface area contributed by atoms with E-state index in [-0.39, 0.29) is 34.3 Å². The number of nitrogens with one attached hydrogen (secondary N) is 4. The van der Waals surface area contributed by atoms with E-state index in [1.165, 1.54) is 24.5 Å². The second kappa shape index (κ2) is 10.1. The van der Waals surface area contributed by atoms with E-state index in [0.717, 1.165) is 11.1 Å². The van der Waals surface area contributed by atoms with Gasteiger partial charge in [-0.05, 0) is 59.7 Å². The van der Waals surface area contributed by atoms with Crippen LogP contribution in [-0.4, -0.2) is 21.8 Å². The van der Waals surface area contributed by atoms with Crippen LogP contribution < -0.4 is 21.8 Å². The summed E-state index contributed by atoms with van der Waals surface area (Å²) in [5, 5.41) is 5.17. The van der Waals surface area contributed by atoms with E-state index < -0.39 is 0 Å². The number of carbonyl (C=O) groups is 2. The molecule has 0 bridgehead atoms. The van der Waals surface area contributed by atoms with Crippen LogP contribution in [0.2, 0.25) is 0 Å². The zero-order valence-electron chi connectivity index (χ0n) is 17.9. The lowest BCUT2D eigenvalue weighted by molar-refractivity contribution is 0.101. The van der Waals surface area contributed by atoms with Crippen LogP contribution in [0.1, 0.15) is 31.8 Å². The van der Waals surface area contributed by atoms with E-state index in [0.29, 0.717) is 11.1 Å². The first kappa shape index (κ1) is 22.2. The standard InChI is InChI=1S/C26H20N4O4/c31-23(29-21-3-1-15-27-25(21)33)19-11-7-17(8-12-19)5-6-18-9-13-20(14-10-18)24(32)30-22-4-2-16-28-26(22)34/h1-16H,(H,27,33)(H,28,34)(H,29,31)(H,30,32). The number of aromatic nitrogens is 2. The van der Waals surface area contributed by atoms with Crippen molar-refractivity contribution in [2.75, 3.05) is 10.6 Å². The summed E-state index contributed by atoms with van der Waals surface area (Å²) in [7, 11) is 0. The predicted octanol–water partition coefficient (Wildman–Crippen LogP) is 3.74. The van der Waals surface area contributed by atoms with Gasteiger partial charge in [0, 0.05) is 23.5 Å². The number of carbonyl (C=O) groups excluding carboxylic acids is 2. The fraction of sp³-hybridized carbons (Fsp3) is 0. The van der Waals surface area contributed by atoms with Gasteiger partial charge in [0.1, 0.15) is 11.4 Å². The van der Waals surface area contributed by atoms with Gasteiger partial charge in [0.2, 0.25) is 0 Å². The van der Waals surface area contributed by atoms with Crippen LogP contribution in [0, 0.1) is 0 Å². The Kier molecular flexibility index (Phi) is 6.60. The highest BCUT2D eigenvalue weighted by atomic mass is 16.2. The molecular formula is C26H20N4O4. The summed E-state index contributed by atoms with van der Waals surface area (Å²) in [6.45, 7) is 0. The maximum Gasteiger partial charge on any atom is 0.271 e. The van der Waals surface area contributed by atoms with Crippen LogP contribution in [0.4, 0.5) is 11.4 Å². The molecule has 0 saturated carbocycles. The van der Waals surface area contributed by atoms with Gasteiger partial charge < -0.3 is 20.6 Å². The Morgan fingerprint density at radius 2 is 0.971 bits per heavy atom. The highest BCUT2D eigenvalue weighted by Gasteiger charge is 2.09. The zero-order chi connectivity index (χ0) is 23.9. The summed E-state index contributed by atoms with van der Waals surface area (Å²) >= 11 is 0. The van der Waals surface area contributed by atoms with Crippen LogP contribution in [0.3, 0.4) is 0 Å². The highest BCUT2D eigenvalue weighted by Crippen LogP contribution is 2.13. The molecule has 0 aliphatic heterocycles. The maximum atomic E-state index is 12.3. The lowest BCUT2D eigenvalue weighted by atomic mass is 10.1. The molecule has 0 saturated heterocycles. The lowest BCUT2D eigenvalue weighted by Crippen LogP contribution is -2.19. The third kappa shape index (κ3) is 5.43. The van der Waals surface area contributed by atoms with E-state index in [1.807, 2.05) is 12.2 Å². The third-order valence-corrected chi connectivity index (χ3v) is 4.95. The van der Waals surface area contributed by atoms with Gasteiger partial charge in [-0.25, -0.2) is 0 Å². The first-order valence-corrected chi connectivity index (χ1v) is 10.4. The summed E-state index contributed by atoms with van der Waals surface area (Å²) < 4.78 is 0. The Labute approximate surface area is 194 Å². The molecule has 4 aromatic rings. The van der Waals surface area contributed by atoms with Gasteiger partial charge in [-0.3, -0.25) is 19.2 Å². The summed E-state index contributed by atoms with van der Waals surface area (Å²) in [6, 6.07) is 20.2. The molecule has 0 aliphatic rings. The zero-order valence-corrected chi connectivity index (χ0v) is 17.9. The molecule has 0 atom stereocenters. The lowest BCUT2D eigenvalue weighted by Gasteiger charge is -2.05. The van der Waals surface area contributed by atoms with Gasteiger partial charge in [0.05, 0.1) is 0 Å². The monoisotopic (exact) mass is 452 g/mol. The molecule has 2 amide bonds. The van der Waals surface area contributed by atoms with Gasteiger partial charge in [-0.2, -0.15) is 0 Å². The summed E-state index contributed by atoms with van der Waals surface area (Å²) in [4.78, 5) is 53.1. The average molecular weight is 452 g/mol. The number of hydrogen-bond donors (Lipinski definition) is 4. The van der Waals surface area contributed by atoms with E-state index >= 15 is 0 Å². The summed E-state index contributed by atoms with van der Waals surface area (Å²) in [5.41, 5.74) is 2.23. The Balaban J connectivity index is 1.38. The smallest absolute Gasteiger partial charge is 0.271 e. The average Bonchev–Trinajstić information content (AvgIpc) is 2.86. The highest BCUT2D eigenvalue weighted by molar-refractivity contribution is 6.05. The van der Waals surface area contributed by atoms with Crippen molar-refractivity contribution in [3.63, 3.8) is 0 Å². The van der Waals surface area contributed by atoms with Gasteiger partial charge in [-0.15, -0.1) is 0 Å². The molecule has 4 N–H and O–H groups in total. The number of pyridine rings is 2. The minimum absolute atomic E-state index is 0.184.